The molecule has 24 heavy (non-hydrogen) atoms. The number of methoxy groups -OCH3 is 1. The monoisotopic (exact) mass is 419 g/mol. The number of ketones is 1. The van der Waals surface area contributed by atoms with Crippen molar-refractivity contribution in [1.29, 1.82) is 0 Å². The Balaban J connectivity index is 2.32. The molecule has 1 heterocycles. The molecule has 0 saturated heterocycles. The molecule has 0 aliphatic carbocycles. The van der Waals surface area contributed by atoms with Crippen LogP contribution in [0.3, 0.4) is 0 Å². The van der Waals surface area contributed by atoms with Gasteiger partial charge in [-0.15, -0.1) is 0 Å². The molecule has 0 aromatic heterocycles. The number of para-hydroxylation sites is 1. The second kappa shape index (κ2) is 7.02. The van der Waals surface area contributed by atoms with Gasteiger partial charge in [0, 0.05) is 10.9 Å². The zero-order chi connectivity index (χ0) is 18.0. The molecule has 0 amide bonds. The third-order valence-corrected chi connectivity index (χ3v) is 5.47. The van der Waals surface area contributed by atoms with Gasteiger partial charge in [0.05, 0.1) is 12.9 Å². The molecule has 1 aromatic carbocycles. The molecule has 0 spiro atoms. The minimum Gasteiger partial charge on any atom is -0.501 e. The minimum atomic E-state index is -3.74. The van der Waals surface area contributed by atoms with Crippen molar-refractivity contribution < 1.29 is 27.8 Å². The van der Waals surface area contributed by atoms with Crippen LogP contribution in [0.15, 0.2) is 35.9 Å². The summed E-state index contributed by atoms with van der Waals surface area (Å²) in [6.45, 7) is 1.45. The van der Waals surface area contributed by atoms with Crippen LogP contribution in [0.25, 0.3) is 0 Å². The molecule has 9 heteroatoms. The fraction of sp³-hybridized carbons (Fsp3) is 0.400. The van der Waals surface area contributed by atoms with Crippen molar-refractivity contribution in [2.24, 2.45) is 0 Å². The van der Waals surface area contributed by atoms with E-state index in [4.69, 9.17) is 9.47 Å². The molecule has 1 aliphatic rings. The van der Waals surface area contributed by atoms with Gasteiger partial charge in [-0.3, -0.25) is 9.52 Å². The topological polar surface area (TPSA) is 102 Å². The van der Waals surface area contributed by atoms with Crippen LogP contribution in [-0.2, 0) is 25.2 Å². The zero-order valence-corrected chi connectivity index (χ0v) is 15.6. The Hall–Kier alpha value is -1.74. The molecule has 7 nitrogen and oxygen atoms in total. The fourth-order valence-electron chi connectivity index (χ4n) is 2.35. The SMILES string of the molecule is COc1ccccc1C1(C)OC(NS(=O)(=O)CCCBr)=C(O)C1=O. The van der Waals surface area contributed by atoms with Crippen molar-refractivity contribution in [2.45, 2.75) is 18.9 Å². The number of hydrogen-bond acceptors (Lipinski definition) is 6. The second-order valence-electron chi connectivity index (χ2n) is 5.31. The van der Waals surface area contributed by atoms with E-state index in [1.54, 1.807) is 24.3 Å². The van der Waals surface area contributed by atoms with Gasteiger partial charge in [0.1, 0.15) is 5.75 Å². The summed E-state index contributed by atoms with van der Waals surface area (Å²) in [4.78, 5) is 12.5. The minimum absolute atomic E-state index is 0.169. The lowest BCUT2D eigenvalue weighted by Crippen LogP contribution is -2.33. The standard InChI is InChI=1S/C15H18BrNO6S/c1-15(10-6-3-4-7-11(10)22-2)13(19)12(18)14(23-15)17-24(20,21)9-5-8-16/h3-4,6-7,17-18H,5,8-9H2,1-2H3. The highest BCUT2D eigenvalue weighted by molar-refractivity contribution is 9.09. The number of nitrogens with one attached hydrogen (secondary N) is 1. The molecule has 0 fully saturated rings. The van der Waals surface area contributed by atoms with E-state index in [1.165, 1.54) is 14.0 Å². The van der Waals surface area contributed by atoms with Crippen molar-refractivity contribution in [2.75, 3.05) is 18.2 Å². The molecule has 1 aliphatic heterocycles. The van der Waals surface area contributed by atoms with Crippen molar-refractivity contribution in [3.05, 3.63) is 41.5 Å². The second-order valence-corrected chi connectivity index (χ2v) is 7.94. The maximum absolute atomic E-state index is 12.5. The first kappa shape index (κ1) is 18.6. The predicted octanol–water partition coefficient (Wildman–Crippen LogP) is 1.94. The Morgan fingerprint density at radius 3 is 2.67 bits per heavy atom. The van der Waals surface area contributed by atoms with Crippen molar-refractivity contribution in [3.8, 4) is 5.75 Å². The van der Waals surface area contributed by atoms with E-state index in [1.807, 2.05) is 0 Å². The lowest BCUT2D eigenvalue weighted by atomic mass is 9.91. The van der Waals surface area contributed by atoms with E-state index in [-0.39, 0.29) is 5.75 Å². The van der Waals surface area contributed by atoms with Crippen LogP contribution < -0.4 is 9.46 Å². The Morgan fingerprint density at radius 1 is 1.38 bits per heavy atom. The summed E-state index contributed by atoms with van der Waals surface area (Å²) in [5.74, 6) is -1.75. The molecular weight excluding hydrogens is 402 g/mol. The first-order chi connectivity index (χ1) is 11.2. The van der Waals surface area contributed by atoms with Gasteiger partial charge in [-0.1, -0.05) is 34.1 Å². The number of rotatable bonds is 7. The zero-order valence-electron chi connectivity index (χ0n) is 13.2. The molecule has 2 N–H and O–H groups in total. The number of aliphatic hydroxyl groups is 1. The molecule has 2 rings (SSSR count). The van der Waals surface area contributed by atoms with Gasteiger partial charge < -0.3 is 14.6 Å². The van der Waals surface area contributed by atoms with Crippen LogP contribution in [-0.4, -0.2) is 37.5 Å². The number of aliphatic hydroxyl groups excluding tert-OH is 1. The third kappa shape index (κ3) is 3.51. The smallest absolute Gasteiger partial charge is 0.250 e. The average molecular weight is 420 g/mol. The number of Topliss-reactive ketones (excluding diaryl/α,β-unsaturated/α-hetero) is 1. The van der Waals surface area contributed by atoms with Crippen molar-refractivity contribution >= 4 is 31.7 Å². The van der Waals surface area contributed by atoms with Gasteiger partial charge in [0.25, 0.3) is 5.78 Å². The third-order valence-electron chi connectivity index (χ3n) is 3.59. The van der Waals surface area contributed by atoms with Crippen molar-refractivity contribution in [1.82, 2.24) is 4.72 Å². The Labute approximate surface area is 148 Å². The molecule has 132 valence electrons. The van der Waals surface area contributed by atoms with E-state index in [2.05, 4.69) is 20.7 Å². The summed E-state index contributed by atoms with van der Waals surface area (Å²) >= 11 is 3.15. The van der Waals surface area contributed by atoms with E-state index in [0.717, 1.165) is 0 Å². The van der Waals surface area contributed by atoms with Gasteiger partial charge >= 0.3 is 0 Å². The largest absolute Gasteiger partial charge is 0.501 e. The van der Waals surface area contributed by atoms with Crippen LogP contribution in [0.5, 0.6) is 5.75 Å². The number of sulfonamides is 1. The average Bonchev–Trinajstić information content (AvgIpc) is 2.77. The fourth-order valence-corrected chi connectivity index (χ4v) is 4.05. The summed E-state index contributed by atoms with van der Waals surface area (Å²) < 4.78 is 36.8. The van der Waals surface area contributed by atoms with Crippen LogP contribution in [0.2, 0.25) is 0 Å². The van der Waals surface area contributed by atoms with Gasteiger partial charge in [-0.25, -0.2) is 8.42 Å². The van der Waals surface area contributed by atoms with Gasteiger partial charge in [0.15, 0.2) is 0 Å². The number of carbonyl (C=O) groups is 1. The van der Waals surface area contributed by atoms with Gasteiger partial charge in [-0.2, -0.15) is 0 Å². The Morgan fingerprint density at radius 2 is 2.04 bits per heavy atom. The maximum atomic E-state index is 12.5. The number of alkyl halides is 1. The van der Waals surface area contributed by atoms with E-state index in [0.29, 0.717) is 23.1 Å². The summed E-state index contributed by atoms with van der Waals surface area (Å²) in [7, 11) is -2.29. The summed E-state index contributed by atoms with van der Waals surface area (Å²) in [5, 5.41) is 10.5. The molecule has 0 radical (unpaired) electrons. The molecular formula is C15H18BrNO6S. The first-order valence-corrected chi connectivity index (χ1v) is 9.89. The highest BCUT2D eigenvalue weighted by Crippen LogP contribution is 2.41. The maximum Gasteiger partial charge on any atom is 0.250 e. The van der Waals surface area contributed by atoms with E-state index >= 15 is 0 Å². The van der Waals surface area contributed by atoms with Crippen LogP contribution in [0.1, 0.15) is 18.9 Å². The molecule has 1 unspecified atom stereocenters. The predicted molar refractivity (Wildman–Crippen MR) is 91.4 cm³/mol. The Bertz CT molecular complexity index is 776. The number of hydrogen-bond donors (Lipinski definition) is 2. The highest BCUT2D eigenvalue weighted by Gasteiger charge is 2.50. The normalized spacial score (nSPS) is 20.9. The lowest BCUT2D eigenvalue weighted by Gasteiger charge is -2.25. The summed E-state index contributed by atoms with van der Waals surface area (Å²) in [6, 6.07) is 6.68. The van der Waals surface area contributed by atoms with Gasteiger partial charge in [-0.05, 0) is 19.4 Å². The number of carbonyl (C=O) groups excluding carboxylic acids is 1. The van der Waals surface area contributed by atoms with Crippen molar-refractivity contribution in [3.63, 3.8) is 0 Å². The number of ether oxygens (including phenoxy) is 2. The van der Waals surface area contributed by atoms with Crippen LogP contribution in [0.4, 0.5) is 0 Å². The van der Waals surface area contributed by atoms with Crippen LogP contribution in [0, 0.1) is 0 Å². The van der Waals surface area contributed by atoms with E-state index < -0.39 is 33.0 Å². The Kier molecular flexibility index (Phi) is 5.44. The quantitative estimate of drug-likeness (QED) is 0.654. The van der Waals surface area contributed by atoms with Gasteiger partial charge in [0.2, 0.25) is 27.3 Å². The summed E-state index contributed by atoms with van der Waals surface area (Å²) in [5.41, 5.74) is -1.19. The highest BCUT2D eigenvalue weighted by atomic mass is 79.9. The van der Waals surface area contributed by atoms with Crippen LogP contribution >= 0.6 is 15.9 Å². The van der Waals surface area contributed by atoms with E-state index in [9.17, 15) is 18.3 Å². The lowest BCUT2D eigenvalue weighted by molar-refractivity contribution is -0.131. The number of benzene rings is 1. The molecule has 1 aromatic rings. The molecule has 1 atom stereocenters. The first-order valence-electron chi connectivity index (χ1n) is 7.12. The molecule has 0 bridgehead atoms. The number of halogens is 1. The molecule has 0 saturated carbocycles. The summed E-state index contributed by atoms with van der Waals surface area (Å²) in [6.07, 6.45) is 0.376.